The van der Waals surface area contributed by atoms with E-state index in [1.54, 1.807) is 13.8 Å². The number of carbonyl (C=O) groups is 5. The van der Waals surface area contributed by atoms with E-state index < -0.39 is 59.7 Å². The summed E-state index contributed by atoms with van der Waals surface area (Å²) in [7, 11) is 0. The van der Waals surface area contributed by atoms with Gasteiger partial charge in [0.25, 0.3) is 0 Å². The van der Waals surface area contributed by atoms with E-state index in [0.717, 1.165) is 0 Å². The molecule has 0 aromatic carbocycles. The molecule has 4 atom stereocenters. The lowest BCUT2D eigenvalue weighted by atomic mass is 10.0. The molecule has 14 heteroatoms. The van der Waals surface area contributed by atoms with Crippen LogP contribution in [0.2, 0.25) is 0 Å². The minimum absolute atomic E-state index is 0.0205. The second-order valence-corrected chi connectivity index (χ2v) is 8.06. The van der Waals surface area contributed by atoms with Gasteiger partial charge in [0.15, 0.2) is 0 Å². The van der Waals surface area contributed by atoms with Crippen molar-refractivity contribution in [2.75, 3.05) is 5.75 Å². The van der Waals surface area contributed by atoms with Crippen molar-refractivity contribution in [1.29, 1.82) is 0 Å². The number of carbonyl (C=O) groups excluding carboxylic acids is 3. The molecule has 33 heavy (non-hydrogen) atoms. The first-order valence-corrected chi connectivity index (χ1v) is 10.8. The van der Waals surface area contributed by atoms with Crippen molar-refractivity contribution in [1.82, 2.24) is 25.9 Å². The molecule has 0 saturated carbocycles. The van der Waals surface area contributed by atoms with Crippen LogP contribution in [-0.2, 0) is 30.4 Å². The number of nitrogens with one attached hydrogen (secondary N) is 4. The number of carboxylic acid groups (broad SMARTS) is 2. The molecule has 4 unspecified atom stereocenters. The summed E-state index contributed by atoms with van der Waals surface area (Å²) in [6.07, 6.45) is 2.36. The number of carboxylic acids is 2. The predicted molar refractivity (Wildman–Crippen MR) is 119 cm³/mol. The van der Waals surface area contributed by atoms with Crippen molar-refractivity contribution < 1.29 is 34.2 Å². The fourth-order valence-electron chi connectivity index (χ4n) is 2.75. The molecule has 1 aromatic rings. The van der Waals surface area contributed by atoms with Crippen LogP contribution in [0.25, 0.3) is 0 Å². The van der Waals surface area contributed by atoms with E-state index in [9.17, 15) is 29.1 Å². The molecule has 0 bridgehead atoms. The highest BCUT2D eigenvalue weighted by Crippen LogP contribution is 2.06. The topological polar surface area (TPSA) is 217 Å². The Balaban J connectivity index is 2.92. The molecule has 1 aromatic heterocycles. The van der Waals surface area contributed by atoms with Gasteiger partial charge in [0.2, 0.25) is 17.7 Å². The van der Waals surface area contributed by atoms with Gasteiger partial charge < -0.3 is 36.9 Å². The molecular formula is C19H30N6O7S. The predicted octanol–water partition coefficient (Wildman–Crippen LogP) is -1.73. The zero-order chi connectivity index (χ0) is 25.1. The average molecular weight is 487 g/mol. The molecular weight excluding hydrogens is 456 g/mol. The van der Waals surface area contributed by atoms with Crippen LogP contribution in [0.3, 0.4) is 0 Å². The van der Waals surface area contributed by atoms with Crippen LogP contribution in [0.1, 0.15) is 32.4 Å². The summed E-state index contributed by atoms with van der Waals surface area (Å²) in [5.41, 5.74) is 6.17. The fourth-order valence-corrected chi connectivity index (χ4v) is 3.01. The summed E-state index contributed by atoms with van der Waals surface area (Å²) in [5, 5.41) is 25.3. The van der Waals surface area contributed by atoms with Crippen LogP contribution < -0.4 is 21.7 Å². The standard InChI is InChI=1S/C19H30N6O7S/c1-9(2)15(19(31)32)25-17(29)12(5-10-6-21-8-22-10)23-18(30)13(7-33)24-16(28)11(20)3-4-14(26)27/h6,8-9,11-13,15,33H,3-5,7,20H2,1-2H3,(H,21,22)(H,23,30)(H,24,28)(H,25,29)(H,26,27)(H,31,32). The van der Waals surface area contributed by atoms with Crippen LogP contribution in [0.15, 0.2) is 12.5 Å². The van der Waals surface area contributed by atoms with Gasteiger partial charge in [0.1, 0.15) is 18.1 Å². The minimum Gasteiger partial charge on any atom is -0.481 e. The normalized spacial score (nSPS) is 14.6. The molecule has 184 valence electrons. The zero-order valence-corrected chi connectivity index (χ0v) is 19.2. The number of imidazole rings is 1. The Labute approximate surface area is 195 Å². The Morgan fingerprint density at radius 3 is 2.15 bits per heavy atom. The molecule has 0 saturated heterocycles. The molecule has 0 spiro atoms. The van der Waals surface area contributed by atoms with E-state index in [1.807, 2.05) is 0 Å². The Morgan fingerprint density at radius 2 is 1.67 bits per heavy atom. The lowest BCUT2D eigenvalue weighted by molar-refractivity contribution is -0.143. The van der Waals surface area contributed by atoms with Crippen LogP contribution in [0.4, 0.5) is 0 Å². The summed E-state index contributed by atoms with van der Waals surface area (Å²) in [6.45, 7) is 3.25. The number of aromatic amines is 1. The molecule has 1 heterocycles. The van der Waals surface area contributed by atoms with Crippen molar-refractivity contribution in [3.8, 4) is 0 Å². The van der Waals surface area contributed by atoms with Crippen LogP contribution in [-0.4, -0.2) is 79.8 Å². The maximum Gasteiger partial charge on any atom is 0.326 e. The molecule has 0 aliphatic rings. The Morgan fingerprint density at radius 1 is 1.06 bits per heavy atom. The number of aliphatic carboxylic acids is 2. The lowest BCUT2D eigenvalue weighted by Gasteiger charge is -2.25. The van der Waals surface area contributed by atoms with Crippen LogP contribution in [0, 0.1) is 5.92 Å². The van der Waals surface area contributed by atoms with E-state index >= 15 is 0 Å². The van der Waals surface area contributed by atoms with Crippen molar-refractivity contribution in [2.45, 2.75) is 57.3 Å². The van der Waals surface area contributed by atoms with Crippen molar-refractivity contribution in [3.63, 3.8) is 0 Å². The number of nitrogens with two attached hydrogens (primary N) is 1. The maximum absolute atomic E-state index is 12.8. The Bertz CT molecular complexity index is 833. The van der Waals surface area contributed by atoms with E-state index in [4.69, 9.17) is 10.8 Å². The molecule has 3 amide bonds. The highest BCUT2D eigenvalue weighted by molar-refractivity contribution is 7.80. The minimum atomic E-state index is -1.22. The first kappa shape index (κ1) is 27.9. The second-order valence-electron chi connectivity index (χ2n) is 7.69. The Hall–Kier alpha value is -3.13. The van der Waals surface area contributed by atoms with Gasteiger partial charge in [-0.1, -0.05) is 13.8 Å². The number of amides is 3. The smallest absolute Gasteiger partial charge is 0.326 e. The number of nitrogens with zero attached hydrogens (tertiary/aromatic N) is 1. The zero-order valence-electron chi connectivity index (χ0n) is 18.3. The van der Waals surface area contributed by atoms with E-state index in [0.29, 0.717) is 5.69 Å². The summed E-state index contributed by atoms with van der Waals surface area (Å²) < 4.78 is 0. The molecule has 0 fully saturated rings. The summed E-state index contributed by atoms with van der Waals surface area (Å²) >= 11 is 4.05. The van der Waals surface area contributed by atoms with Crippen LogP contribution in [0.5, 0.6) is 0 Å². The largest absolute Gasteiger partial charge is 0.481 e. The molecule has 0 aliphatic carbocycles. The van der Waals surface area contributed by atoms with Gasteiger partial charge in [-0.15, -0.1) is 0 Å². The third-order valence-corrected chi connectivity index (χ3v) is 5.03. The van der Waals surface area contributed by atoms with Gasteiger partial charge in [0, 0.05) is 30.5 Å². The number of hydrogen-bond donors (Lipinski definition) is 8. The van der Waals surface area contributed by atoms with E-state index in [-0.39, 0.29) is 25.0 Å². The molecule has 13 nitrogen and oxygen atoms in total. The number of thiol groups is 1. The van der Waals surface area contributed by atoms with Crippen molar-refractivity contribution in [3.05, 3.63) is 18.2 Å². The molecule has 1 rings (SSSR count). The van der Waals surface area contributed by atoms with Crippen molar-refractivity contribution in [2.24, 2.45) is 11.7 Å². The number of H-pyrrole nitrogens is 1. The molecule has 0 aliphatic heterocycles. The Kier molecular flexibility index (Phi) is 11.4. The van der Waals surface area contributed by atoms with E-state index in [1.165, 1.54) is 12.5 Å². The highest BCUT2D eigenvalue weighted by atomic mass is 32.1. The van der Waals surface area contributed by atoms with Gasteiger partial charge in [-0.3, -0.25) is 19.2 Å². The SMILES string of the molecule is CC(C)C(NC(=O)C(Cc1cnc[nH]1)NC(=O)C(CS)NC(=O)C(N)CCC(=O)O)C(=O)O. The van der Waals surface area contributed by atoms with Crippen LogP contribution >= 0.6 is 12.6 Å². The van der Waals surface area contributed by atoms with Crippen molar-refractivity contribution >= 4 is 42.3 Å². The third-order valence-electron chi connectivity index (χ3n) is 4.66. The number of aromatic nitrogens is 2. The first-order chi connectivity index (χ1) is 15.5. The van der Waals surface area contributed by atoms with Gasteiger partial charge >= 0.3 is 11.9 Å². The second kappa shape index (κ2) is 13.4. The quantitative estimate of drug-likeness (QED) is 0.140. The monoisotopic (exact) mass is 486 g/mol. The summed E-state index contributed by atoms with van der Waals surface area (Å²) in [5.74, 6) is -5.11. The molecule has 8 N–H and O–H groups in total. The van der Waals surface area contributed by atoms with Gasteiger partial charge in [-0.05, 0) is 12.3 Å². The maximum atomic E-state index is 12.8. The van der Waals surface area contributed by atoms with Gasteiger partial charge in [-0.2, -0.15) is 12.6 Å². The fraction of sp³-hybridized carbons (Fsp3) is 0.579. The summed E-state index contributed by atoms with van der Waals surface area (Å²) in [4.78, 5) is 66.5. The number of hydrogen-bond acceptors (Lipinski definition) is 8. The summed E-state index contributed by atoms with van der Waals surface area (Å²) in [6, 6.07) is -4.68. The highest BCUT2D eigenvalue weighted by Gasteiger charge is 2.31. The number of rotatable bonds is 14. The molecule has 0 radical (unpaired) electrons. The average Bonchev–Trinajstić information content (AvgIpc) is 3.25. The lowest BCUT2D eigenvalue weighted by Crippen LogP contribution is -2.58. The van der Waals surface area contributed by atoms with Gasteiger partial charge in [-0.25, -0.2) is 9.78 Å². The third kappa shape index (κ3) is 9.49. The first-order valence-electron chi connectivity index (χ1n) is 10.2. The van der Waals surface area contributed by atoms with E-state index in [2.05, 4.69) is 38.5 Å². The van der Waals surface area contributed by atoms with Gasteiger partial charge in [0.05, 0.1) is 12.4 Å².